The van der Waals surface area contributed by atoms with Gasteiger partial charge in [0, 0.05) is 6.54 Å². The smallest absolute Gasteiger partial charge is 0.104 e. The molecule has 0 aliphatic rings. The van der Waals surface area contributed by atoms with Crippen LogP contribution >= 0.6 is 11.5 Å². The summed E-state index contributed by atoms with van der Waals surface area (Å²) in [5.41, 5.74) is 6.00. The van der Waals surface area contributed by atoms with Crippen LogP contribution in [0.25, 0.3) is 0 Å². The van der Waals surface area contributed by atoms with Crippen LogP contribution in [0.15, 0.2) is 0 Å². The number of aryl methyl sites for hydroxylation is 1. The molecule has 56 valence electrons. The van der Waals surface area contributed by atoms with Crippen molar-refractivity contribution < 1.29 is 5.11 Å². The molecule has 1 rings (SSSR count). The van der Waals surface area contributed by atoms with E-state index in [1.54, 1.807) is 6.92 Å². The fourth-order valence-electron chi connectivity index (χ4n) is 0.650. The highest BCUT2D eigenvalue weighted by Crippen LogP contribution is 2.17. The molecular formula is C5H9N3OS. The van der Waals surface area contributed by atoms with Crippen LogP contribution in [-0.4, -0.2) is 21.2 Å². The predicted octanol–water partition coefficient (Wildman–Crippen LogP) is -0.161. The Kier molecular flexibility index (Phi) is 2.31. The third kappa shape index (κ3) is 1.31. The highest BCUT2D eigenvalue weighted by atomic mass is 32.1. The van der Waals surface area contributed by atoms with Crippen molar-refractivity contribution in [2.75, 3.05) is 6.54 Å². The van der Waals surface area contributed by atoms with Crippen molar-refractivity contribution in [2.24, 2.45) is 5.73 Å². The first kappa shape index (κ1) is 7.59. The second-order valence-corrected chi connectivity index (χ2v) is 2.76. The van der Waals surface area contributed by atoms with Gasteiger partial charge in [0.25, 0.3) is 0 Å². The van der Waals surface area contributed by atoms with Crippen LogP contribution in [0.5, 0.6) is 0 Å². The molecule has 1 atom stereocenters. The minimum absolute atomic E-state index is 0.227. The third-order valence-corrected chi connectivity index (χ3v) is 2.14. The number of aliphatic hydroxyl groups excluding tert-OH is 1. The van der Waals surface area contributed by atoms with E-state index in [-0.39, 0.29) is 6.54 Å². The van der Waals surface area contributed by atoms with Gasteiger partial charge in [0.1, 0.15) is 6.10 Å². The van der Waals surface area contributed by atoms with Gasteiger partial charge in [-0.25, -0.2) is 0 Å². The van der Waals surface area contributed by atoms with E-state index in [0.29, 0.717) is 0 Å². The monoisotopic (exact) mass is 159 g/mol. The van der Waals surface area contributed by atoms with Crippen molar-refractivity contribution >= 4 is 11.5 Å². The number of aromatic nitrogens is 2. The SMILES string of the molecule is Cc1nnsc1C(O)CN. The summed E-state index contributed by atoms with van der Waals surface area (Å²) >= 11 is 1.19. The summed E-state index contributed by atoms with van der Waals surface area (Å²) < 4.78 is 3.67. The Morgan fingerprint density at radius 3 is 2.90 bits per heavy atom. The minimum atomic E-state index is -0.597. The van der Waals surface area contributed by atoms with E-state index >= 15 is 0 Å². The summed E-state index contributed by atoms with van der Waals surface area (Å²) in [7, 11) is 0. The van der Waals surface area contributed by atoms with Crippen molar-refractivity contribution in [2.45, 2.75) is 13.0 Å². The van der Waals surface area contributed by atoms with Gasteiger partial charge >= 0.3 is 0 Å². The number of hydrogen-bond acceptors (Lipinski definition) is 5. The van der Waals surface area contributed by atoms with Crippen LogP contribution in [-0.2, 0) is 0 Å². The summed E-state index contributed by atoms with van der Waals surface area (Å²) in [6.45, 7) is 2.03. The Labute approximate surface area is 62.8 Å². The molecule has 3 N–H and O–H groups in total. The molecule has 10 heavy (non-hydrogen) atoms. The van der Waals surface area contributed by atoms with Crippen molar-refractivity contribution in [3.8, 4) is 0 Å². The van der Waals surface area contributed by atoms with Gasteiger partial charge in [0.2, 0.25) is 0 Å². The molecular weight excluding hydrogens is 150 g/mol. The second kappa shape index (κ2) is 3.05. The van der Waals surface area contributed by atoms with Gasteiger partial charge in [-0.05, 0) is 18.5 Å². The molecule has 1 aromatic rings. The molecule has 0 aliphatic heterocycles. The standard InChI is InChI=1S/C5H9N3OS/c1-3-5(4(9)2-6)10-8-7-3/h4,9H,2,6H2,1H3. The molecule has 0 fully saturated rings. The van der Waals surface area contributed by atoms with E-state index in [4.69, 9.17) is 5.73 Å². The quantitative estimate of drug-likeness (QED) is 0.629. The average molecular weight is 159 g/mol. The van der Waals surface area contributed by atoms with Gasteiger partial charge in [0.15, 0.2) is 0 Å². The van der Waals surface area contributed by atoms with E-state index in [0.717, 1.165) is 10.6 Å². The predicted molar refractivity (Wildman–Crippen MR) is 38.7 cm³/mol. The van der Waals surface area contributed by atoms with Gasteiger partial charge < -0.3 is 10.8 Å². The van der Waals surface area contributed by atoms with E-state index < -0.39 is 6.10 Å². The van der Waals surface area contributed by atoms with E-state index in [2.05, 4.69) is 9.59 Å². The Bertz CT molecular complexity index is 212. The molecule has 0 aromatic carbocycles. The maximum Gasteiger partial charge on any atom is 0.104 e. The van der Waals surface area contributed by atoms with Crippen molar-refractivity contribution in [1.82, 2.24) is 9.59 Å². The van der Waals surface area contributed by atoms with Crippen LogP contribution in [0, 0.1) is 6.92 Å². The molecule has 0 spiro atoms. The van der Waals surface area contributed by atoms with Crippen LogP contribution in [0.3, 0.4) is 0 Å². The second-order valence-electron chi connectivity index (χ2n) is 1.97. The maximum atomic E-state index is 9.20. The van der Waals surface area contributed by atoms with E-state index in [1.807, 2.05) is 0 Å². The fraction of sp³-hybridized carbons (Fsp3) is 0.600. The number of hydrogen-bond donors (Lipinski definition) is 2. The lowest BCUT2D eigenvalue weighted by Crippen LogP contribution is -2.10. The summed E-state index contributed by atoms with van der Waals surface area (Å²) in [6, 6.07) is 0. The first-order valence-electron chi connectivity index (χ1n) is 2.92. The minimum Gasteiger partial charge on any atom is -0.386 e. The van der Waals surface area contributed by atoms with Gasteiger partial charge in [-0.1, -0.05) is 4.49 Å². The summed E-state index contributed by atoms with van der Waals surface area (Å²) in [5, 5.41) is 12.9. The highest BCUT2D eigenvalue weighted by Gasteiger charge is 2.11. The molecule has 0 amide bonds. The van der Waals surface area contributed by atoms with Gasteiger partial charge in [0.05, 0.1) is 10.6 Å². The molecule has 0 saturated carbocycles. The number of nitrogens with two attached hydrogens (primary N) is 1. The van der Waals surface area contributed by atoms with Gasteiger partial charge in [-0.2, -0.15) is 0 Å². The van der Waals surface area contributed by atoms with Crippen LogP contribution < -0.4 is 5.73 Å². The lowest BCUT2D eigenvalue weighted by Gasteiger charge is -2.02. The van der Waals surface area contributed by atoms with E-state index in [1.165, 1.54) is 11.5 Å². The lowest BCUT2D eigenvalue weighted by atomic mass is 10.2. The maximum absolute atomic E-state index is 9.20. The largest absolute Gasteiger partial charge is 0.386 e. The van der Waals surface area contributed by atoms with E-state index in [9.17, 15) is 5.11 Å². The Morgan fingerprint density at radius 1 is 1.80 bits per heavy atom. The molecule has 1 unspecified atom stereocenters. The zero-order valence-corrected chi connectivity index (χ0v) is 6.43. The lowest BCUT2D eigenvalue weighted by molar-refractivity contribution is 0.189. The summed E-state index contributed by atoms with van der Waals surface area (Å²) in [4.78, 5) is 0.766. The molecule has 0 bridgehead atoms. The highest BCUT2D eigenvalue weighted by molar-refractivity contribution is 7.05. The zero-order chi connectivity index (χ0) is 7.56. The average Bonchev–Trinajstić information content (AvgIpc) is 2.34. The molecule has 4 nitrogen and oxygen atoms in total. The van der Waals surface area contributed by atoms with Crippen molar-refractivity contribution in [1.29, 1.82) is 0 Å². The summed E-state index contributed by atoms with van der Waals surface area (Å²) in [5.74, 6) is 0. The van der Waals surface area contributed by atoms with Crippen LogP contribution in [0.4, 0.5) is 0 Å². The van der Waals surface area contributed by atoms with Crippen molar-refractivity contribution in [3.63, 3.8) is 0 Å². The number of rotatable bonds is 2. The molecule has 0 radical (unpaired) electrons. The number of aliphatic hydroxyl groups is 1. The fourth-order valence-corrected chi connectivity index (χ4v) is 1.29. The molecule has 5 heteroatoms. The normalized spacial score (nSPS) is 13.5. The summed E-state index contributed by atoms with van der Waals surface area (Å²) in [6.07, 6.45) is -0.597. The Balaban J connectivity index is 2.82. The van der Waals surface area contributed by atoms with Gasteiger partial charge in [-0.3, -0.25) is 0 Å². The third-order valence-electron chi connectivity index (χ3n) is 1.21. The molecule has 0 aliphatic carbocycles. The Hall–Kier alpha value is -0.520. The first-order valence-corrected chi connectivity index (χ1v) is 3.70. The topological polar surface area (TPSA) is 72.0 Å². The van der Waals surface area contributed by atoms with Crippen LogP contribution in [0.2, 0.25) is 0 Å². The number of nitrogens with zero attached hydrogens (tertiary/aromatic N) is 2. The Morgan fingerprint density at radius 2 is 2.50 bits per heavy atom. The molecule has 1 aromatic heterocycles. The van der Waals surface area contributed by atoms with Gasteiger partial charge in [-0.15, -0.1) is 5.10 Å². The zero-order valence-electron chi connectivity index (χ0n) is 5.61. The van der Waals surface area contributed by atoms with Crippen molar-refractivity contribution in [3.05, 3.63) is 10.6 Å². The molecule has 0 saturated heterocycles. The van der Waals surface area contributed by atoms with Crippen LogP contribution in [0.1, 0.15) is 16.7 Å². The molecule has 1 heterocycles. The first-order chi connectivity index (χ1) is 4.75.